The highest BCUT2D eigenvalue weighted by atomic mass is 16.6. The van der Waals surface area contributed by atoms with Gasteiger partial charge in [-0.25, -0.2) is 9.78 Å². The lowest BCUT2D eigenvalue weighted by molar-refractivity contribution is 0.0105. The molecule has 0 aromatic carbocycles. The number of pyridine rings is 1. The number of amides is 1. The lowest BCUT2D eigenvalue weighted by Gasteiger charge is -2.40. The van der Waals surface area contributed by atoms with Crippen LogP contribution in [0, 0.1) is 0 Å². The summed E-state index contributed by atoms with van der Waals surface area (Å²) in [6.07, 6.45) is 1.46. The van der Waals surface area contributed by atoms with Crippen molar-refractivity contribution in [2.45, 2.75) is 32.4 Å². The summed E-state index contributed by atoms with van der Waals surface area (Å²) >= 11 is 0. The van der Waals surface area contributed by atoms with Crippen LogP contribution in [0.1, 0.15) is 20.8 Å². The van der Waals surface area contributed by atoms with Gasteiger partial charge < -0.3 is 19.7 Å². The summed E-state index contributed by atoms with van der Waals surface area (Å²) in [5.41, 5.74) is 0.467. The lowest BCUT2D eigenvalue weighted by atomic mass is 10.1. The van der Waals surface area contributed by atoms with E-state index in [1.807, 2.05) is 26.8 Å². The first-order valence-electron chi connectivity index (χ1n) is 6.62. The van der Waals surface area contributed by atoms with Crippen LogP contribution in [0.25, 0.3) is 0 Å². The Morgan fingerprint density at radius 3 is 2.60 bits per heavy atom. The smallest absolute Gasteiger partial charge is 0.410 e. The van der Waals surface area contributed by atoms with Gasteiger partial charge in [0.05, 0.1) is 25.0 Å². The number of methoxy groups -OCH3 is 1. The van der Waals surface area contributed by atoms with E-state index in [0.717, 1.165) is 5.69 Å². The largest absolute Gasteiger partial charge is 0.481 e. The molecule has 110 valence electrons. The number of anilines is 1. The fraction of sp³-hybridized carbons (Fsp3) is 0.571. The normalized spacial score (nSPS) is 15.5. The van der Waals surface area contributed by atoms with Gasteiger partial charge in [0.1, 0.15) is 5.60 Å². The molecule has 1 amide bonds. The summed E-state index contributed by atoms with van der Waals surface area (Å²) in [5, 5.41) is 3.31. The van der Waals surface area contributed by atoms with E-state index < -0.39 is 5.60 Å². The zero-order valence-electron chi connectivity index (χ0n) is 12.3. The molecule has 1 saturated heterocycles. The van der Waals surface area contributed by atoms with Gasteiger partial charge in [-0.15, -0.1) is 0 Å². The van der Waals surface area contributed by atoms with Crippen molar-refractivity contribution < 1.29 is 14.3 Å². The Balaban J connectivity index is 1.77. The minimum Gasteiger partial charge on any atom is -0.481 e. The first kappa shape index (κ1) is 14.4. The van der Waals surface area contributed by atoms with E-state index in [0.29, 0.717) is 19.0 Å². The van der Waals surface area contributed by atoms with Gasteiger partial charge in [0, 0.05) is 19.2 Å². The number of nitrogens with zero attached hydrogens (tertiary/aromatic N) is 2. The summed E-state index contributed by atoms with van der Waals surface area (Å²) in [5.74, 6) is 0.583. The number of carbonyl (C=O) groups is 1. The third-order valence-electron chi connectivity index (χ3n) is 2.85. The standard InChI is InChI=1S/C14H21N3O3/c1-14(2,3)20-13(18)17-8-11(9-17)16-10-5-6-12(19-4)15-7-10/h5-7,11,16H,8-9H2,1-4H3. The molecule has 6 nitrogen and oxygen atoms in total. The van der Waals surface area contributed by atoms with E-state index >= 15 is 0 Å². The molecule has 1 N–H and O–H groups in total. The average molecular weight is 279 g/mol. The number of likely N-dealkylation sites (tertiary alicyclic amines) is 1. The summed E-state index contributed by atoms with van der Waals surface area (Å²) < 4.78 is 10.3. The average Bonchev–Trinajstić information content (AvgIpc) is 2.31. The lowest BCUT2D eigenvalue weighted by Crippen LogP contribution is -2.57. The highest BCUT2D eigenvalue weighted by molar-refractivity contribution is 5.69. The van der Waals surface area contributed by atoms with Crippen LogP contribution in [0.5, 0.6) is 5.88 Å². The Morgan fingerprint density at radius 1 is 1.40 bits per heavy atom. The Labute approximate surface area is 119 Å². The molecule has 1 aromatic heterocycles. The van der Waals surface area contributed by atoms with Gasteiger partial charge in [0.25, 0.3) is 0 Å². The van der Waals surface area contributed by atoms with Gasteiger partial charge in [-0.1, -0.05) is 0 Å². The summed E-state index contributed by atoms with van der Waals surface area (Å²) in [7, 11) is 1.58. The predicted octanol–water partition coefficient (Wildman–Crippen LogP) is 2.12. The third kappa shape index (κ3) is 3.76. The van der Waals surface area contributed by atoms with Crippen molar-refractivity contribution in [1.29, 1.82) is 0 Å². The van der Waals surface area contributed by atoms with Crippen LogP contribution in [0.3, 0.4) is 0 Å². The van der Waals surface area contributed by atoms with Crippen molar-refractivity contribution in [3.63, 3.8) is 0 Å². The van der Waals surface area contributed by atoms with Crippen LogP contribution in [0.15, 0.2) is 18.3 Å². The molecule has 0 saturated carbocycles. The van der Waals surface area contributed by atoms with Crippen LogP contribution in [0.4, 0.5) is 10.5 Å². The molecule has 0 spiro atoms. The van der Waals surface area contributed by atoms with Gasteiger partial charge in [-0.05, 0) is 26.8 Å². The van der Waals surface area contributed by atoms with Crippen LogP contribution in [-0.2, 0) is 4.74 Å². The van der Waals surface area contributed by atoms with Crippen molar-refractivity contribution in [2.75, 3.05) is 25.5 Å². The summed E-state index contributed by atoms with van der Waals surface area (Å²) in [4.78, 5) is 17.6. The van der Waals surface area contributed by atoms with Crippen LogP contribution >= 0.6 is 0 Å². The van der Waals surface area contributed by atoms with Gasteiger partial charge >= 0.3 is 6.09 Å². The van der Waals surface area contributed by atoms with E-state index in [4.69, 9.17) is 9.47 Å². The second-order valence-corrected chi connectivity index (χ2v) is 5.82. The molecule has 1 aromatic rings. The fourth-order valence-corrected chi connectivity index (χ4v) is 1.87. The molecule has 1 fully saturated rings. The van der Waals surface area contributed by atoms with Gasteiger partial charge in [-0.3, -0.25) is 0 Å². The number of carbonyl (C=O) groups excluding carboxylic acids is 1. The van der Waals surface area contributed by atoms with Crippen LogP contribution in [0.2, 0.25) is 0 Å². The van der Waals surface area contributed by atoms with Crippen molar-refractivity contribution in [3.8, 4) is 5.88 Å². The van der Waals surface area contributed by atoms with Gasteiger partial charge in [0.15, 0.2) is 0 Å². The van der Waals surface area contributed by atoms with Gasteiger partial charge in [0.2, 0.25) is 5.88 Å². The number of ether oxygens (including phenoxy) is 2. The molecule has 0 radical (unpaired) electrons. The van der Waals surface area contributed by atoms with Gasteiger partial charge in [-0.2, -0.15) is 0 Å². The minimum atomic E-state index is -0.449. The molecular weight excluding hydrogens is 258 g/mol. The molecule has 20 heavy (non-hydrogen) atoms. The maximum absolute atomic E-state index is 11.8. The zero-order valence-corrected chi connectivity index (χ0v) is 12.3. The predicted molar refractivity (Wildman–Crippen MR) is 76.0 cm³/mol. The van der Waals surface area contributed by atoms with E-state index in [-0.39, 0.29) is 12.1 Å². The van der Waals surface area contributed by atoms with Crippen molar-refractivity contribution >= 4 is 11.8 Å². The summed E-state index contributed by atoms with van der Waals surface area (Å²) in [6, 6.07) is 3.94. The molecule has 0 aliphatic carbocycles. The minimum absolute atomic E-state index is 0.234. The molecular formula is C14H21N3O3. The van der Waals surface area contributed by atoms with Crippen molar-refractivity contribution in [3.05, 3.63) is 18.3 Å². The number of nitrogens with one attached hydrogen (secondary N) is 1. The van der Waals surface area contributed by atoms with E-state index in [1.165, 1.54) is 0 Å². The number of hydrogen-bond acceptors (Lipinski definition) is 5. The monoisotopic (exact) mass is 279 g/mol. The Morgan fingerprint density at radius 2 is 2.10 bits per heavy atom. The first-order chi connectivity index (χ1) is 9.37. The fourth-order valence-electron chi connectivity index (χ4n) is 1.87. The SMILES string of the molecule is COc1ccc(NC2CN(C(=O)OC(C)(C)C)C2)cn1. The zero-order chi connectivity index (χ0) is 14.8. The third-order valence-corrected chi connectivity index (χ3v) is 2.85. The molecule has 1 aliphatic heterocycles. The molecule has 0 unspecified atom stereocenters. The molecule has 2 rings (SSSR count). The van der Waals surface area contributed by atoms with Crippen LogP contribution in [-0.4, -0.2) is 47.8 Å². The molecule has 0 atom stereocenters. The maximum atomic E-state index is 11.8. The summed E-state index contributed by atoms with van der Waals surface area (Å²) in [6.45, 7) is 6.87. The topological polar surface area (TPSA) is 63.7 Å². The second kappa shape index (κ2) is 5.56. The quantitative estimate of drug-likeness (QED) is 0.918. The Kier molecular flexibility index (Phi) is 4.01. The second-order valence-electron chi connectivity index (χ2n) is 5.82. The molecule has 1 aliphatic rings. The highest BCUT2D eigenvalue weighted by Gasteiger charge is 2.33. The first-order valence-corrected chi connectivity index (χ1v) is 6.62. The number of hydrogen-bond donors (Lipinski definition) is 1. The number of rotatable bonds is 3. The Bertz CT molecular complexity index is 462. The maximum Gasteiger partial charge on any atom is 0.410 e. The van der Waals surface area contributed by atoms with E-state index in [2.05, 4.69) is 10.3 Å². The molecule has 0 bridgehead atoms. The number of aromatic nitrogens is 1. The van der Waals surface area contributed by atoms with Crippen LogP contribution < -0.4 is 10.1 Å². The Hall–Kier alpha value is -1.98. The van der Waals surface area contributed by atoms with Crippen molar-refractivity contribution in [2.24, 2.45) is 0 Å². The van der Waals surface area contributed by atoms with E-state index in [1.54, 1.807) is 24.3 Å². The molecule has 6 heteroatoms. The van der Waals surface area contributed by atoms with E-state index in [9.17, 15) is 4.79 Å². The molecule has 2 heterocycles. The van der Waals surface area contributed by atoms with Crippen molar-refractivity contribution in [1.82, 2.24) is 9.88 Å². The highest BCUT2D eigenvalue weighted by Crippen LogP contribution is 2.19.